The molecule has 1 saturated carbocycles. The van der Waals surface area contributed by atoms with Crippen molar-refractivity contribution in [2.45, 2.75) is 311 Å². The van der Waals surface area contributed by atoms with Gasteiger partial charge in [0.25, 0.3) is 0 Å². The van der Waals surface area contributed by atoms with Gasteiger partial charge in [-0.15, -0.1) is 0 Å². The highest BCUT2D eigenvalue weighted by Gasteiger charge is 2.55. The number of hydrogen-bond acceptors (Lipinski definition) is 17. The van der Waals surface area contributed by atoms with E-state index in [0.29, 0.717) is 12.8 Å². The molecule has 0 aromatic rings. The molecule has 2 rings (SSSR count). The van der Waals surface area contributed by atoms with Crippen molar-refractivity contribution in [3.63, 3.8) is 0 Å². The zero-order valence-electron chi connectivity index (χ0n) is 44.0. The molecule has 428 valence electrons. The topological polar surface area (TPSA) is 326 Å². The van der Waals surface area contributed by atoms with Crippen LogP contribution in [0.2, 0.25) is 0 Å². The van der Waals surface area contributed by atoms with Crippen molar-refractivity contribution in [1.29, 1.82) is 0 Å². The Bertz CT molecular complexity index is 1390. The van der Waals surface area contributed by atoms with E-state index in [9.17, 15) is 70.4 Å². The molecule has 1 aliphatic carbocycles. The van der Waals surface area contributed by atoms with Crippen LogP contribution in [0.5, 0.6) is 0 Å². The van der Waals surface area contributed by atoms with Crippen molar-refractivity contribution in [3.05, 3.63) is 0 Å². The summed E-state index contributed by atoms with van der Waals surface area (Å²) in [7, 11) is -5.49. The van der Waals surface area contributed by atoms with E-state index in [-0.39, 0.29) is 12.8 Å². The number of rotatable bonds is 44. The van der Waals surface area contributed by atoms with Crippen molar-refractivity contribution in [1.82, 2.24) is 5.32 Å². The maximum absolute atomic E-state index is 13.5. The monoisotopic (exact) mass is 1060 g/mol. The zero-order chi connectivity index (χ0) is 53.3. The molecule has 0 radical (unpaired) electrons. The van der Waals surface area contributed by atoms with Gasteiger partial charge in [-0.3, -0.25) is 13.8 Å². The van der Waals surface area contributed by atoms with Crippen LogP contribution in [0, 0.1) is 0 Å². The fraction of sp³-hybridized carbons (Fsp3) is 0.981. The first-order valence-electron chi connectivity index (χ1n) is 28.2. The van der Waals surface area contributed by atoms with Gasteiger partial charge in [0.1, 0.15) is 73.2 Å². The largest absolute Gasteiger partial charge is 0.472 e. The first-order chi connectivity index (χ1) is 34.5. The van der Waals surface area contributed by atoms with Crippen molar-refractivity contribution in [2.75, 3.05) is 13.2 Å². The molecule has 13 N–H and O–H groups in total. The maximum atomic E-state index is 13.5. The van der Waals surface area contributed by atoms with E-state index in [1.165, 1.54) is 122 Å². The van der Waals surface area contributed by atoms with Gasteiger partial charge >= 0.3 is 7.82 Å². The molecule has 1 amide bonds. The lowest BCUT2D eigenvalue weighted by Gasteiger charge is -2.47. The number of aliphatic hydroxyl groups is 11. The number of carbonyl (C=O) groups excluding carboxylic acids is 1. The van der Waals surface area contributed by atoms with Crippen molar-refractivity contribution >= 4 is 13.7 Å². The summed E-state index contributed by atoms with van der Waals surface area (Å²) >= 11 is 0. The number of phosphoric acid groups is 1. The summed E-state index contributed by atoms with van der Waals surface area (Å²) in [6, 6.07) is -1.58. The Labute approximate surface area is 431 Å². The van der Waals surface area contributed by atoms with E-state index < -0.39 is 119 Å². The summed E-state index contributed by atoms with van der Waals surface area (Å²) in [5.41, 5.74) is 0. The van der Waals surface area contributed by atoms with Gasteiger partial charge in [0.15, 0.2) is 6.29 Å². The Morgan fingerprint density at radius 1 is 0.528 bits per heavy atom. The summed E-state index contributed by atoms with van der Waals surface area (Å²) in [5, 5.41) is 119. The molecule has 0 bridgehead atoms. The van der Waals surface area contributed by atoms with E-state index in [1.807, 2.05) is 0 Å². The van der Waals surface area contributed by atoms with Gasteiger partial charge in [0.05, 0.1) is 25.4 Å². The highest BCUT2D eigenvalue weighted by atomic mass is 31.2. The Kier molecular flexibility index (Phi) is 36.8. The fourth-order valence-corrected chi connectivity index (χ4v) is 10.6. The van der Waals surface area contributed by atoms with E-state index in [2.05, 4.69) is 19.2 Å². The van der Waals surface area contributed by atoms with E-state index in [0.717, 1.165) is 57.8 Å². The van der Waals surface area contributed by atoms with E-state index in [1.54, 1.807) is 0 Å². The van der Waals surface area contributed by atoms with Gasteiger partial charge in [-0.1, -0.05) is 206 Å². The van der Waals surface area contributed by atoms with Crippen LogP contribution < -0.4 is 5.32 Å². The highest BCUT2D eigenvalue weighted by molar-refractivity contribution is 7.47. The van der Waals surface area contributed by atoms with Crippen LogP contribution in [0.25, 0.3) is 0 Å². The average Bonchev–Trinajstić information content (AvgIpc) is 3.36. The minimum atomic E-state index is -5.49. The third-order valence-corrected chi connectivity index (χ3v) is 15.5. The molecular weight excluding hydrogens is 958 g/mol. The van der Waals surface area contributed by atoms with Crippen LogP contribution >= 0.6 is 7.82 Å². The first-order valence-corrected chi connectivity index (χ1v) is 29.7. The molecule has 16 atom stereocenters. The van der Waals surface area contributed by atoms with Gasteiger partial charge in [-0.2, -0.15) is 0 Å². The van der Waals surface area contributed by atoms with Gasteiger partial charge in [-0.25, -0.2) is 4.57 Å². The number of carbonyl (C=O) groups is 1. The molecule has 1 aliphatic heterocycles. The van der Waals surface area contributed by atoms with E-state index >= 15 is 0 Å². The lowest BCUT2D eigenvalue weighted by Crippen LogP contribution is -2.67. The Balaban J connectivity index is 1.97. The second kappa shape index (κ2) is 39.4. The van der Waals surface area contributed by atoms with Crippen molar-refractivity contribution in [2.24, 2.45) is 0 Å². The fourth-order valence-electron chi connectivity index (χ4n) is 9.66. The van der Waals surface area contributed by atoms with Gasteiger partial charge in [0.2, 0.25) is 5.91 Å². The minimum Gasteiger partial charge on any atom is -0.394 e. The molecule has 0 aromatic carbocycles. The Hall–Kier alpha value is -0.940. The molecule has 1 heterocycles. The lowest BCUT2D eigenvalue weighted by atomic mass is 9.84. The second-order valence-corrected chi connectivity index (χ2v) is 22.2. The predicted molar refractivity (Wildman–Crippen MR) is 272 cm³/mol. The minimum absolute atomic E-state index is 0.100. The average molecular weight is 1060 g/mol. The molecule has 1 saturated heterocycles. The van der Waals surface area contributed by atoms with Crippen LogP contribution in [-0.2, 0) is 27.9 Å². The molecule has 1 unspecified atom stereocenters. The SMILES string of the molecule is CCCCCCCCCCCCCCCCCCCC[C@@H](O)C(=O)N[C@@H](COP(=O)(O)O[C@H]1[C@H](O)[C@@H](O)[C@H](O)[C@@H](O)[C@H]1O[C@H]1O[C@H](CO)[C@@H](O)[C@H](O)[C@@H]1O)[C@H](O)[C@H](O)CCCCCCCCCCCCCC. The normalized spacial score (nSPS) is 28.3. The second-order valence-electron chi connectivity index (χ2n) is 20.8. The summed E-state index contributed by atoms with van der Waals surface area (Å²) in [4.78, 5) is 24.3. The smallest absolute Gasteiger partial charge is 0.394 e. The molecule has 2 fully saturated rings. The number of nitrogens with one attached hydrogen (secondary N) is 1. The number of aliphatic hydroxyl groups excluding tert-OH is 11. The third-order valence-electron chi connectivity index (χ3n) is 14.5. The number of amides is 1. The zero-order valence-corrected chi connectivity index (χ0v) is 44.9. The Morgan fingerprint density at radius 2 is 0.903 bits per heavy atom. The van der Waals surface area contributed by atoms with Gasteiger partial charge < -0.3 is 75.9 Å². The summed E-state index contributed by atoms with van der Waals surface area (Å²) < 4.78 is 34.7. The van der Waals surface area contributed by atoms with E-state index in [4.69, 9.17) is 18.5 Å². The molecule has 0 aromatic heterocycles. The maximum Gasteiger partial charge on any atom is 0.472 e. The molecule has 0 spiro atoms. The Morgan fingerprint density at radius 3 is 1.32 bits per heavy atom. The van der Waals surface area contributed by atoms with Crippen LogP contribution in [0.4, 0.5) is 0 Å². The first kappa shape index (κ1) is 67.2. The van der Waals surface area contributed by atoms with Gasteiger partial charge in [-0.05, 0) is 12.8 Å². The molecule has 19 nitrogen and oxygen atoms in total. The number of hydrogen-bond donors (Lipinski definition) is 13. The summed E-state index contributed by atoms with van der Waals surface area (Å²) in [5.74, 6) is -0.920. The number of unbranched alkanes of at least 4 members (excludes halogenated alkanes) is 28. The molecule has 72 heavy (non-hydrogen) atoms. The molecule has 20 heteroatoms. The van der Waals surface area contributed by atoms with Crippen LogP contribution in [0.3, 0.4) is 0 Å². The quantitative estimate of drug-likeness (QED) is 0.0275. The third kappa shape index (κ3) is 26.4. The lowest BCUT2D eigenvalue weighted by molar-refractivity contribution is -0.338. The summed E-state index contributed by atoms with van der Waals surface area (Å²) in [6.45, 7) is 2.58. The number of ether oxygens (including phenoxy) is 2. The van der Waals surface area contributed by atoms with Crippen LogP contribution in [0.15, 0.2) is 0 Å². The van der Waals surface area contributed by atoms with Crippen LogP contribution in [0.1, 0.15) is 219 Å². The standard InChI is InChI=1S/C52H102NO18P/c1-3-5-7-9-11-13-15-17-18-19-20-21-22-24-26-28-30-32-34-39(56)51(65)53-37(41(57)38(55)33-31-29-27-25-23-16-14-12-10-8-6-4-2)36-68-72(66,67)71-50-47(63)45(61)44(60)46(62)49(50)70-52-48(64)43(59)42(58)40(35-54)69-52/h37-50,52,54-64H,3-36H2,1-2H3,(H,53,65)(H,66,67)/t37-,38+,39+,40+,41-,42+,43-,44-,45-,46+,47+,48-,49+,50-,52+/m0/s1. The highest BCUT2D eigenvalue weighted by Crippen LogP contribution is 2.48. The van der Waals surface area contributed by atoms with Gasteiger partial charge in [0, 0.05) is 0 Å². The molecule has 2 aliphatic rings. The van der Waals surface area contributed by atoms with Crippen molar-refractivity contribution in [3.8, 4) is 0 Å². The molecular formula is C52H102NO18P. The van der Waals surface area contributed by atoms with Crippen LogP contribution in [-0.4, -0.2) is 172 Å². The van der Waals surface area contributed by atoms with Crippen molar-refractivity contribution < 1.29 is 88.9 Å². The summed E-state index contributed by atoms with van der Waals surface area (Å²) in [6.07, 6.45) is 7.47. The predicted octanol–water partition coefficient (Wildman–Crippen LogP) is 5.22. The number of phosphoric ester groups is 1.